The van der Waals surface area contributed by atoms with Crippen LogP contribution >= 0.6 is 0 Å². The van der Waals surface area contributed by atoms with Gasteiger partial charge in [-0.2, -0.15) is 17.6 Å². The van der Waals surface area contributed by atoms with Crippen molar-refractivity contribution in [3.8, 4) is 5.75 Å². The van der Waals surface area contributed by atoms with Crippen molar-refractivity contribution in [1.82, 2.24) is 4.31 Å². The van der Waals surface area contributed by atoms with E-state index in [1.165, 1.54) is 12.1 Å². The summed E-state index contributed by atoms with van der Waals surface area (Å²) in [4.78, 5) is 11.8. The number of aliphatic carboxylic acids is 1. The van der Waals surface area contributed by atoms with Gasteiger partial charge in [0.15, 0.2) is 4.75 Å². The highest BCUT2D eigenvalue weighted by molar-refractivity contribution is 7.85. The van der Waals surface area contributed by atoms with Gasteiger partial charge >= 0.3 is 18.5 Å². The van der Waals surface area contributed by atoms with E-state index in [1.54, 1.807) is 16.4 Å². The van der Waals surface area contributed by atoms with E-state index in [0.29, 0.717) is 25.9 Å². The Morgan fingerprint density at radius 3 is 2.27 bits per heavy atom. The van der Waals surface area contributed by atoms with Gasteiger partial charge in [-0.1, -0.05) is 12.1 Å². The van der Waals surface area contributed by atoms with E-state index < -0.39 is 34.2 Å². The molecule has 11 heteroatoms. The Morgan fingerprint density at radius 1 is 1.20 bits per heavy atom. The molecule has 30 heavy (non-hydrogen) atoms. The summed E-state index contributed by atoms with van der Waals surface area (Å²) in [6, 6.07) is 5.53. The van der Waals surface area contributed by atoms with Crippen LogP contribution in [-0.2, 0) is 20.5 Å². The lowest BCUT2D eigenvalue weighted by molar-refractivity contribution is -0.253. The fourth-order valence-electron chi connectivity index (χ4n) is 3.78. The van der Waals surface area contributed by atoms with E-state index in [9.17, 15) is 31.7 Å². The average Bonchev–Trinajstić information content (AvgIpc) is 2.74. The lowest BCUT2D eigenvalue weighted by Gasteiger charge is -2.39. The van der Waals surface area contributed by atoms with Gasteiger partial charge in [0.1, 0.15) is 16.7 Å². The average molecular weight is 453 g/mol. The molecule has 1 aromatic carbocycles. The first-order valence-corrected chi connectivity index (χ1v) is 10.7. The monoisotopic (exact) mass is 453 g/mol. The molecule has 2 fully saturated rings. The second-order valence-electron chi connectivity index (χ2n) is 7.40. The maximum absolute atomic E-state index is 13.0. The van der Waals surface area contributed by atoms with E-state index in [-0.39, 0.29) is 37.7 Å². The quantitative estimate of drug-likeness (QED) is 0.641. The standard InChI is InChI=1S/C19H23F4NO5S/c20-16(21)19(22,23)29-15-3-1-13(2-4-15)14-5-9-24(10-6-14)30(27)18(17(25)26)7-11-28-12-8-18/h1-4,14,16H,5-12H2,(H,25,26). The van der Waals surface area contributed by atoms with Crippen molar-refractivity contribution in [2.75, 3.05) is 26.3 Å². The molecule has 0 saturated carbocycles. The molecule has 0 bridgehead atoms. The van der Waals surface area contributed by atoms with Crippen LogP contribution in [0.3, 0.4) is 0 Å². The minimum atomic E-state index is -4.55. The number of benzene rings is 1. The summed E-state index contributed by atoms with van der Waals surface area (Å²) in [5.74, 6) is -1.38. The van der Waals surface area contributed by atoms with E-state index >= 15 is 0 Å². The first-order chi connectivity index (χ1) is 14.2. The van der Waals surface area contributed by atoms with Crippen LogP contribution in [0.5, 0.6) is 5.75 Å². The molecule has 1 atom stereocenters. The van der Waals surface area contributed by atoms with Gasteiger partial charge < -0.3 is 14.6 Å². The van der Waals surface area contributed by atoms with Crippen LogP contribution in [0.2, 0.25) is 0 Å². The zero-order valence-corrected chi connectivity index (χ0v) is 16.9. The highest BCUT2D eigenvalue weighted by Gasteiger charge is 2.49. The second-order valence-corrected chi connectivity index (χ2v) is 9.19. The lowest BCUT2D eigenvalue weighted by atomic mass is 9.90. The number of carbonyl (C=O) groups is 1. The van der Waals surface area contributed by atoms with Gasteiger partial charge in [-0.3, -0.25) is 4.79 Å². The molecule has 2 aliphatic heterocycles. The van der Waals surface area contributed by atoms with Gasteiger partial charge in [0.25, 0.3) is 0 Å². The molecular formula is C19H23F4NO5S. The molecule has 3 rings (SSSR count). The van der Waals surface area contributed by atoms with E-state index in [0.717, 1.165) is 5.56 Å². The molecule has 0 spiro atoms. The molecule has 0 aliphatic carbocycles. The minimum absolute atomic E-state index is 0.0541. The number of hydrogen-bond acceptors (Lipinski definition) is 4. The zero-order chi connectivity index (χ0) is 21.9. The van der Waals surface area contributed by atoms with Gasteiger partial charge in [-0.15, -0.1) is 0 Å². The summed E-state index contributed by atoms with van der Waals surface area (Å²) < 4.78 is 73.1. The highest BCUT2D eigenvalue weighted by Crippen LogP contribution is 2.35. The molecule has 0 amide bonds. The third-order valence-corrected chi connectivity index (χ3v) is 7.66. The number of alkyl halides is 4. The van der Waals surface area contributed by atoms with E-state index in [1.807, 2.05) is 0 Å². The zero-order valence-electron chi connectivity index (χ0n) is 16.1. The van der Waals surface area contributed by atoms with Crippen LogP contribution < -0.4 is 4.74 Å². The van der Waals surface area contributed by atoms with Crippen molar-refractivity contribution in [3.63, 3.8) is 0 Å². The summed E-state index contributed by atoms with van der Waals surface area (Å²) in [5.41, 5.74) is 0.826. The highest BCUT2D eigenvalue weighted by atomic mass is 32.2. The number of rotatable bonds is 7. The predicted molar refractivity (Wildman–Crippen MR) is 100 cm³/mol. The normalized spacial score (nSPS) is 22.0. The molecular weight excluding hydrogens is 430 g/mol. The Morgan fingerprint density at radius 2 is 1.77 bits per heavy atom. The Kier molecular flexibility index (Phi) is 7.03. The molecule has 2 aliphatic rings. The van der Waals surface area contributed by atoms with Crippen molar-refractivity contribution in [2.24, 2.45) is 0 Å². The fourth-order valence-corrected chi connectivity index (χ4v) is 5.48. The lowest BCUT2D eigenvalue weighted by Crippen LogP contribution is -2.54. The Labute approximate surface area is 173 Å². The number of ether oxygens (including phenoxy) is 2. The summed E-state index contributed by atoms with van der Waals surface area (Å²) in [6.45, 7) is 1.37. The second kappa shape index (κ2) is 9.19. The van der Waals surface area contributed by atoms with Crippen molar-refractivity contribution in [1.29, 1.82) is 0 Å². The van der Waals surface area contributed by atoms with Crippen LogP contribution in [0, 0.1) is 0 Å². The third kappa shape index (κ3) is 4.78. The molecule has 0 aromatic heterocycles. The van der Waals surface area contributed by atoms with Crippen LogP contribution in [0.1, 0.15) is 37.2 Å². The molecule has 0 radical (unpaired) electrons. The van der Waals surface area contributed by atoms with Crippen LogP contribution in [0.4, 0.5) is 17.6 Å². The fraction of sp³-hybridized carbons (Fsp3) is 0.632. The maximum atomic E-state index is 13.0. The van der Waals surface area contributed by atoms with Gasteiger partial charge in [0.05, 0.1) is 0 Å². The van der Waals surface area contributed by atoms with Crippen LogP contribution in [0.25, 0.3) is 0 Å². The minimum Gasteiger partial charge on any atom is -0.480 e. The molecule has 1 aromatic rings. The predicted octanol–water partition coefficient (Wildman–Crippen LogP) is 3.40. The Hall–Kier alpha value is -1.72. The number of halogens is 4. The van der Waals surface area contributed by atoms with Crippen molar-refractivity contribution >= 4 is 17.0 Å². The summed E-state index contributed by atoms with van der Waals surface area (Å²) in [6.07, 6.45) is -6.89. The van der Waals surface area contributed by atoms with E-state index in [2.05, 4.69) is 4.74 Å². The number of nitrogens with zero attached hydrogens (tertiary/aromatic N) is 1. The van der Waals surface area contributed by atoms with E-state index in [4.69, 9.17) is 4.74 Å². The number of hydrogen-bond donors (Lipinski definition) is 1. The molecule has 1 unspecified atom stereocenters. The van der Waals surface area contributed by atoms with Crippen molar-refractivity contribution in [2.45, 2.75) is 48.9 Å². The Bertz CT molecular complexity index is 763. The van der Waals surface area contributed by atoms with Gasteiger partial charge in [-0.25, -0.2) is 8.51 Å². The number of carboxylic acids is 1. The van der Waals surface area contributed by atoms with Crippen LogP contribution in [-0.4, -0.2) is 63.2 Å². The topological polar surface area (TPSA) is 76.1 Å². The maximum Gasteiger partial charge on any atom is 0.461 e. The molecule has 1 N–H and O–H groups in total. The Balaban J connectivity index is 1.60. The number of piperidine rings is 1. The van der Waals surface area contributed by atoms with Gasteiger partial charge in [-0.05, 0) is 49.3 Å². The van der Waals surface area contributed by atoms with Crippen molar-refractivity contribution in [3.05, 3.63) is 29.8 Å². The molecule has 168 valence electrons. The smallest absolute Gasteiger partial charge is 0.461 e. The molecule has 6 nitrogen and oxygen atoms in total. The molecule has 2 heterocycles. The van der Waals surface area contributed by atoms with Crippen molar-refractivity contribution < 1.29 is 41.1 Å². The first kappa shape index (κ1) is 23.0. The third-order valence-electron chi connectivity index (χ3n) is 5.57. The first-order valence-electron chi connectivity index (χ1n) is 9.59. The summed E-state index contributed by atoms with van der Waals surface area (Å²) >= 11 is 0. The van der Waals surface area contributed by atoms with Crippen LogP contribution in [0.15, 0.2) is 24.3 Å². The number of carboxylic acid groups (broad SMARTS) is 1. The largest absolute Gasteiger partial charge is 0.480 e. The van der Waals surface area contributed by atoms with Gasteiger partial charge in [0.2, 0.25) is 0 Å². The summed E-state index contributed by atoms with van der Waals surface area (Å²) in [5, 5.41) is 9.67. The SMILES string of the molecule is O=C(O)C1(S(=O)N2CCC(c3ccc(OC(F)(F)C(F)F)cc3)CC2)CCOCC1. The van der Waals surface area contributed by atoms with Gasteiger partial charge in [0, 0.05) is 26.3 Å². The molecule has 2 saturated heterocycles. The summed E-state index contributed by atoms with van der Waals surface area (Å²) in [7, 11) is -1.69.